The standard InChI is InChI=1S/C15H11F2NO4/c1-8(19)10-5-13(18-6-10)15(21)22-7-14(20)9-2-3-11(16)12(17)4-9/h2-6,18H,7H2,1H3. The van der Waals surface area contributed by atoms with Crippen molar-refractivity contribution in [3.8, 4) is 0 Å². The molecule has 1 N–H and O–H groups in total. The van der Waals surface area contributed by atoms with E-state index in [4.69, 9.17) is 4.74 Å². The number of hydrogen-bond acceptors (Lipinski definition) is 4. The maximum Gasteiger partial charge on any atom is 0.355 e. The maximum atomic E-state index is 13.0. The van der Waals surface area contributed by atoms with E-state index in [2.05, 4.69) is 4.98 Å². The SMILES string of the molecule is CC(=O)c1c[nH]c(C(=O)OCC(=O)c2ccc(F)c(F)c2)c1. The van der Waals surface area contributed by atoms with Gasteiger partial charge in [-0.25, -0.2) is 13.6 Å². The maximum absolute atomic E-state index is 13.0. The zero-order valence-corrected chi connectivity index (χ0v) is 11.5. The van der Waals surface area contributed by atoms with Gasteiger partial charge in [-0.05, 0) is 31.2 Å². The summed E-state index contributed by atoms with van der Waals surface area (Å²) in [5.41, 5.74) is 0.213. The van der Waals surface area contributed by atoms with Gasteiger partial charge < -0.3 is 9.72 Å². The summed E-state index contributed by atoms with van der Waals surface area (Å²) in [6.07, 6.45) is 1.34. The molecule has 2 aromatic rings. The second-order valence-corrected chi connectivity index (χ2v) is 4.49. The van der Waals surface area contributed by atoms with E-state index in [1.807, 2.05) is 0 Å². The summed E-state index contributed by atoms with van der Waals surface area (Å²) in [7, 11) is 0. The second kappa shape index (κ2) is 6.30. The van der Waals surface area contributed by atoms with Crippen molar-refractivity contribution < 1.29 is 27.9 Å². The van der Waals surface area contributed by atoms with E-state index >= 15 is 0 Å². The normalized spacial score (nSPS) is 10.3. The van der Waals surface area contributed by atoms with Crippen molar-refractivity contribution in [2.75, 3.05) is 6.61 Å². The zero-order chi connectivity index (χ0) is 16.3. The number of benzene rings is 1. The van der Waals surface area contributed by atoms with Crippen LogP contribution in [0, 0.1) is 11.6 Å². The highest BCUT2D eigenvalue weighted by Crippen LogP contribution is 2.10. The molecular weight excluding hydrogens is 296 g/mol. The molecule has 0 aliphatic heterocycles. The molecule has 1 aromatic heterocycles. The first-order valence-electron chi connectivity index (χ1n) is 6.23. The number of H-pyrrole nitrogens is 1. The molecule has 5 nitrogen and oxygen atoms in total. The highest BCUT2D eigenvalue weighted by atomic mass is 19.2. The Labute approximate surface area is 123 Å². The number of aromatic nitrogens is 1. The van der Waals surface area contributed by atoms with Gasteiger partial charge in [0.25, 0.3) is 0 Å². The molecule has 0 atom stereocenters. The van der Waals surface area contributed by atoms with E-state index in [9.17, 15) is 23.2 Å². The summed E-state index contributed by atoms with van der Waals surface area (Å²) >= 11 is 0. The van der Waals surface area contributed by atoms with Crippen molar-refractivity contribution in [3.05, 3.63) is 58.9 Å². The van der Waals surface area contributed by atoms with Crippen LogP contribution < -0.4 is 0 Å². The summed E-state index contributed by atoms with van der Waals surface area (Å²) < 4.78 is 30.5. The molecule has 0 saturated carbocycles. The van der Waals surface area contributed by atoms with Gasteiger partial charge in [-0.2, -0.15) is 0 Å². The van der Waals surface area contributed by atoms with Crippen molar-refractivity contribution in [1.29, 1.82) is 0 Å². The van der Waals surface area contributed by atoms with Crippen LogP contribution in [0.3, 0.4) is 0 Å². The minimum atomic E-state index is -1.16. The number of carbonyl (C=O) groups is 3. The van der Waals surface area contributed by atoms with Crippen LogP contribution in [0.1, 0.15) is 38.1 Å². The molecule has 114 valence electrons. The van der Waals surface area contributed by atoms with Crippen LogP contribution >= 0.6 is 0 Å². The highest BCUT2D eigenvalue weighted by Gasteiger charge is 2.15. The van der Waals surface area contributed by atoms with Crippen molar-refractivity contribution in [3.63, 3.8) is 0 Å². The monoisotopic (exact) mass is 307 g/mol. The lowest BCUT2D eigenvalue weighted by molar-refractivity contribution is 0.0469. The quantitative estimate of drug-likeness (QED) is 0.680. The van der Waals surface area contributed by atoms with Crippen LogP contribution in [0.15, 0.2) is 30.5 Å². The molecule has 0 radical (unpaired) electrons. The highest BCUT2D eigenvalue weighted by molar-refractivity contribution is 6.00. The van der Waals surface area contributed by atoms with Gasteiger partial charge in [-0.15, -0.1) is 0 Å². The summed E-state index contributed by atoms with van der Waals surface area (Å²) in [4.78, 5) is 37.1. The molecular formula is C15H11F2NO4. The lowest BCUT2D eigenvalue weighted by atomic mass is 10.1. The average molecular weight is 307 g/mol. The number of nitrogens with one attached hydrogen (secondary N) is 1. The van der Waals surface area contributed by atoms with E-state index < -0.39 is 30.0 Å². The Kier molecular flexibility index (Phi) is 4.45. The third-order valence-electron chi connectivity index (χ3n) is 2.89. The predicted molar refractivity (Wildman–Crippen MR) is 71.8 cm³/mol. The van der Waals surface area contributed by atoms with Gasteiger partial charge in [-0.1, -0.05) is 0 Å². The van der Waals surface area contributed by atoms with E-state index in [0.29, 0.717) is 5.56 Å². The molecule has 0 fully saturated rings. The van der Waals surface area contributed by atoms with Gasteiger partial charge in [0.15, 0.2) is 29.8 Å². The molecule has 7 heteroatoms. The van der Waals surface area contributed by atoms with Gasteiger partial charge in [0.2, 0.25) is 0 Å². The number of hydrogen-bond donors (Lipinski definition) is 1. The molecule has 0 aliphatic carbocycles. The summed E-state index contributed by atoms with van der Waals surface area (Å²) in [6, 6.07) is 3.94. The van der Waals surface area contributed by atoms with Gasteiger partial charge in [0.1, 0.15) is 5.69 Å². The number of Topliss-reactive ketones (excluding diaryl/α,β-unsaturated/α-hetero) is 2. The Hall–Kier alpha value is -2.83. The van der Waals surface area contributed by atoms with Crippen molar-refractivity contribution in [2.45, 2.75) is 6.92 Å². The smallest absolute Gasteiger partial charge is 0.355 e. The molecule has 0 bridgehead atoms. The molecule has 22 heavy (non-hydrogen) atoms. The fourth-order valence-corrected chi connectivity index (χ4v) is 1.68. The Morgan fingerprint density at radius 2 is 1.82 bits per heavy atom. The third kappa shape index (κ3) is 3.43. The molecule has 0 spiro atoms. The molecule has 0 unspecified atom stereocenters. The van der Waals surface area contributed by atoms with E-state index in [-0.39, 0.29) is 17.0 Å². The third-order valence-corrected chi connectivity index (χ3v) is 2.89. The van der Waals surface area contributed by atoms with Crippen LogP contribution in [0.2, 0.25) is 0 Å². The minimum Gasteiger partial charge on any atom is -0.453 e. The van der Waals surface area contributed by atoms with Crippen LogP contribution in [-0.2, 0) is 4.74 Å². The molecule has 1 aromatic carbocycles. The Morgan fingerprint density at radius 1 is 1.09 bits per heavy atom. The Bertz CT molecular complexity index is 752. The van der Waals surface area contributed by atoms with Crippen molar-refractivity contribution >= 4 is 17.5 Å². The summed E-state index contributed by atoms with van der Waals surface area (Å²) in [5.74, 6) is -3.97. The van der Waals surface area contributed by atoms with Crippen molar-refractivity contribution in [2.24, 2.45) is 0 Å². The fourth-order valence-electron chi connectivity index (χ4n) is 1.68. The second-order valence-electron chi connectivity index (χ2n) is 4.49. The van der Waals surface area contributed by atoms with Gasteiger partial charge in [-0.3, -0.25) is 9.59 Å². The van der Waals surface area contributed by atoms with Gasteiger partial charge >= 0.3 is 5.97 Å². The number of carbonyl (C=O) groups excluding carboxylic acids is 3. The van der Waals surface area contributed by atoms with E-state index in [1.165, 1.54) is 19.2 Å². The first-order chi connectivity index (χ1) is 10.4. The molecule has 0 aliphatic rings. The topological polar surface area (TPSA) is 76.2 Å². The van der Waals surface area contributed by atoms with Gasteiger partial charge in [0, 0.05) is 17.3 Å². The fraction of sp³-hybridized carbons (Fsp3) is 0.133. The first-order valence-corrected chi connectivity index (χ1v) is 6.23. The average Bonchev–Trinajstić information content (AvgIpc) is 2.97. The zero-order valence-electron chi connectivity index (χ0n) is 11.5. The predicted octanol–water partition coefficient (Wildman–Crippen LogP) is 2.54. The number of halogens is 2. The molecule has 0 amide bonds. The van der Waals surface area contributed by atoms with Crippen LogP contribution in [-0.4, -0.2) is 29.1 Å². The van der Waals surface area contributed by atoms with Crippen LogP contribution in [0.4, 0.5) is 8.78 Å². The Balaban J connectivity index is 1.99. The molecule has 0 saturated heterocycles. The van der Waals surface area contributed by atoms with Crippen molar-refractivity contribution in [1.82, 2.24) is 4.98 Å². The number of aromatic amines is 1. The van der Waals surface area contributed by atoms with Crippen LogP contribution in [0.25, 0.3) is 0 Å². The summed E-state index contributed by atoms with van der Waals surface area (Å²) in [6.45, 7) is 0.712. The first kappa shape index (κ1) is 15.6. The van der Waals surface area contributed by atoms with E-state index in [1.54, 1.807) is 0 Å². The number of ketones is 2. The summed E-state index contributed by atoms with van der Waals surface area (Å²) in [5, 5.41) is 0. The Morgan fingerprint density at radius 3 is 2.41 bits per heavy atom. The number of ether oxygens (including phenoxy) is 1. The largest absolute Gasteiger partial charge is 0.453 e. The number of rotatable bonds is 5. The van der Waals surface area contributed by atoms with Crippen LogP contribution in [0.5, 0.6) is 0 Å². The lowest BCUT2D eigenvalue weighted by Crippen LogP contribution is -2.14. The van der Waals surface area contributed by atoms with Gasteiger partial charge in [0.05, 0.1) is 0 Å². The lowest BCUT2D eigenvalue weighted by Gasteiger charge is -2.03. The number of esters is 1. The van der Waals surface area contributed by atoms with E-state index in [0.717, 1.165) is 18.2 Å². The molecule has 2 rings (SSSR count). The molecule has 1 heterocycles. The minimum absolute atomic E-state index is 0.0169.